The number of amides is 1. The number of anilines is 1. The summed E-state index contributed by atoms with van der Waals surface area (Å²) in [5.41, 5.74) is 6.45. The van der Waals surface area contributed by atoms with Gasteiger partial charge in [-0.3, -0.25) is 4.79 Å². The molecule has 24 heavy (non-hydrogen) atoms. The van der Waals surface area contributed by atoms with Gasteiger partial charge in [-0.2, -0.15) is 0 Å². The first-order chi connectivity index (χ1) is 11.4. The quantitative estimate of drug-likeness (QED) is 0.646. The normalized spacial score (nSPS) is 10.2. The summed E-state index contributed by atoms with van der Waals surface area (Å²) in [7, 11) is 0. The standard InChI is InChI=1S/C16H14BrClN2O4/c17-11-2-4-14(24-8-15(19)21)10(5-11)7-20-13-6-9(16(22)23)1-3-12(13)18/h1-6,20H,7-8H2,(H2,19,21)(H,22,23). The molecule has 8 heteroatoms. The van der Waals surface area contributed by atoms with E-state index in [2.05, 4.69) is 21.2 Å². The van der Waals surface area contributed by atoms with Crippen molar-refractivity contribution in [3.8, 4) is 5.75 Å². The van der Waals surface area contributed by atoms with Crippen LogP contribution < -0.4 is 15.8 Å². The maximum Gasteiger partial charge on any atom is 0.335 e. The van der Waals surface area contributed by atoms with Crippen molar-refractivity contribution in [2.75, 3.05) is 11.9 Å². The molecule has 2 aromatic carbocycles. The average molecular weight is 414 g/mol. The summed E-state index contributed by atoms with van der Waals surface area (Å²) >= 11 is 9.45. The van der Waals surface area contributed by atoms with E-state index in [1.54, 1.807) is 12.1 Å². The number of hydrogen-bond donors (Lipinski definition) is 3. The summed E-state index contributed by atoms with van der Waals surface area (Å²) in [5, 5.41) is 12.5. The van der Waals surface area contributed by atoms with Crippen molar-refractivity contribution in [2.24, 2.45) is 5.73 Å². The molecule has 0 unspecified atom stereocenters. The van der Waals surface area contributed by atoms with E-state index in [1.165, 1.54) is 18.2 Å². The summed E-state index contributed by atoms with van der Waals surface area (Å²) in [6.07, 6.45) is 0. The van der Waals surface area contributed by atoms with Gasteiger partial charge < -0.3 is 20.9 Å². The van der Waals surface area contributed by atoms with Gasteiger partial charge >= 0.3 is 5.97 Å². The summed E-state index contributed by atoms with van der Waals surface area (Å²) < 4.78 is 6.20. The molecule has 0 aliphatic heterocycles. The first-order valence-electron chi connectivity index (χ1n) is 6.83. The molecule has 0 bridgehead atoms. The maximum absolute atomic E-state index is 11.0. The Kier molecular flexibility index (Phi) is 6.05. The van der Waals surface area contributed by atoms with E-state index >= 15 is 0 Å². The maximum atomic E-state index is 11.0. The van der Waals surface area contributed by atoms with Crippen LogP contribution in [0.2, 0.25) is 5.02 Å². The SMILES string of the molecule is NC(=O)COc1ccc(Br)cc1CNc1cc(C(=O)O)ccc1Cl. The number of nitrogens with one attached hydrogen (secondary N) is 1. The lowest BCUT2D eigenvalue weighted by molar-refractivity contribution is -0.119. The van der Waals surface area contributed by atoms with Crippen molar-refractivity contribution >= 4 is 45.1 Å². The second-order valence-electron chi connectivity index (χ2n) is 4.86. The number of hydrogen-bond acceptors (Lipinski definition) is 4. The predicted octanol–water partition coefficient (Wildman–Crippen LogP) is 3.28. The fraction of sp³-hybridized carbons (Fsp3) is 0.125. The van der Waals surface area contributed by atoms with Gasteiger partial charge in [0.25, 0.3) is 5.91 Å². The van der Waals surface area contributed by atoms with Crippen molar-refractivity contribution in [3.63, 3.8) is 0 Å². The number of primary amides is 1. The van der Waals surface area contributed by atoms with Crippen LogP contribution in [0.25, 0.3) is 0 Å². The number of aromatic carboxylic acids is 1. The van der Waals surface area contributed by atoms with E-state index in [0.717, 1.165) is 10.0 Å². The summed E-state index contributed by atoms with van der Waals surface area (Å²) in [4.78, 5) is 21.9. The van der Waals surface area contributed by atoms with Crippen molar-refractivity contribution < 1.29 is 19.4 Å². The number of rotatable bonds is 7. The Hall–Kier alpha value is -2.25. The fourth-order valence-corrected chi connectivity index (χ4v) is 2.55. The van der Waals surface area contributed by atoms with Crippen LogP contribution >= 0.6 is 27.5 Å². The van der Waals surface area contributed by atoms with Gasteiger partial charge in [0, 0.05) is 16.6 Å². The second-order valence-corrected chi connectivity index (χ2v) is 6.18. The molecule has 0 aromatic heterocycles. The molecule has 6 nitrogen and oxygen atoms in total. The molecule has 1 amide bonds. The highest BCUT2D eigenvalue weighted by atomic mass is 79.9. The molecule has 0 saturated heterocycles. The summed E-state index contributed by atoms with van der Waals surface area (Å²) in [6.45, 7) is 0.0835. The minimum Gasteiger partial charge on any atom is -0.483 e. The molecule has 0 spiro atoms. The smallest absolute Gasteiger partial charge is 0.335 e. The van der Waals surface area contributed by atoms with Gasteiger partial charge in [-0.25, -0.2) is 4.79 Å². The van der Waals surface area contributed by atoms with Gasteiger partial charge in [-0.1, -0.05) is 27.5 Å². The number of carboxylic acids is 1. The monoisotopic (exact) mass is 412 g/mol. The highest BCUT2D eigenvalue weighted by Crippen LogP contribution is 2.27. The zero-order valence-electron chi connectivity index (χ0n) is 12.4. The van der Waals surface area contributed by atoms with E-state index in [0.29, 0.717) is 23.0 Å². The second kappa shape index (κ2) is 8.03. The molecule has 2 aromatic rings. The Morgan fingerprint density at radius 3 is 2.67 bits per heavy atom. The van der Waals surface area contributed by atoms with E-state index in [9.17, 15) is 9.59 Å². The van der Waals surface area contributed by atoms with Gasteiger partial charge in [-0.15, -0.1) is 0 Å². The Morgan fingerprint density at radius 2 is 2.00 bits per heavy atom. The third-order valence-corrected chi connectivity index (χ3v) is 3.90. The van der Waals surface area contributed by atoms with Crippen molar-refractivity contribution in [2.45, 2.75) is 6.54 Å². The number of benzene rings is 2. The molecular weight excluding hydrogens is 400 g/mol. The van der Waals surface area contributed by atoms with Crippen LogP contribution in [0.15, 0.2) is 40.9 Å². The van der Waals surface area contributed by atoms with Crippen LogP contribution in [0.3, 0.4) is 0 Å². The molecule has 0 radical (unpaired) electrons. The van der Waals surface area contributed by atoms with Crippen LogP contribution in [0.5, 0.6) is 5.75 Å². The first kappa shape index (κ1) is 18.1. The topological polar surface area (TPSA) is 102 Å². The molecule has 2 rings (SSSR count). The number of halogens is 2. The van der Waals surface area contributed by atoms with Gasteiger partial charge in [-0.05, 0) is 36.4 Å². The van der Waals surface area contributed by atoms with Crippen molar-refractivity contribution in [1.82, 2.24) is 0 Å². The number of carboxylic acid groups (broad SMARTS) is 1. The van der Waals surface area contributed by atoms with Crippen LogP contribution in [0.4, 0.5) is 5.69 Å². The van der Waals surface area contributed by atoms with E-state index in [-0.39, 0.29) is 12.2 Å². The Morgan fingerprint density at radius 1 is 1.25 bits per heavy atom. The third-order valence-electron chi connectivity index (χ3n) is 3.08. The van der Waals surface area contributed by atoms with Crippen LogP contribution in [-0.2, 0) is 11.3 Å². The lowest BCUT2D eigenvalue weighted by atomic mass is 10.1. The van der Waals surface area contributed by atoms with Crippen molar-refractivity contribution in [3.05, 3.63) is 57.0 Å². The average Bonchev–Trinajstić information content (AvgIpc) is 2.52. The lowest BCUT2D eigenvalue weighted by Crippen LogP contribution is -2.20. The number of nitrogens with two attached hydrogens (primary N) is 1. The molecular formula is C16H14BrClN2O4. The number of ether oxygens (including phenoxy) is 1. The summed E-state index contributed by atoms with van der Waals surface area (Å²) in [6, 6.07) is 9.69. The number of carbonyl (C=O) groups is 2. The minimum atomic E-state index is -1.04. The molecule has 0 heterocycles. The molecule has 0 fully saturated rings. The molecule has 0 atom stereocenters. The van der Waals surface area contributed by atoms with Crippen molar-refractivity contribution in [1.29, 1.82) is 0 Å². The van der Waals surface area contributed by atoms with Crippen LogP contribution in [-0.4, -0.2) is 23.6 Å². The molecule has 0 aliphatic rings. The highest BCUT2D eigenvalue weighted by Gasteiger charge is 2.10. The van der Waals surface area contributed by atoms with E-state index < -0.39 is 11.9 Å². The third kappa shape index (κ3) is 4.87. The van der Waals surface area contributed by atoms with Gasteiger partial charge in [0.15, 0.2) is 6.61 Å². The van der Waals surface area contributed by atoms with Gasteiger partial charge in [0.2, 0.25) is 0 Å². The summed E-state index contributed by atoms with van der Waals surface area (Å²) in [5.74, 6) is -1.12. The molecule has 0 aliphatic carbocycles. The fourth-order valence-electron chi connectivity index (χ4n) is 1.96. The zero-order chi connectivity index (χ0) is 17.7. The molecule has 126 valence electrons. The number of carbonyl (C=O) groups excluding carboxylic acids is 1. The largest absolute Gasteiger partial charge is 0.483 e. The van der Waals surface area contributed by atoms with E-state index in [4.69, 9.17) is 27.2 Å². The lowest BCUT2D eigenvalue weighted by Gasteiger charge is -2.14. The van der Waals surface area contributed by atoms with Gasteiger partial charge in [0.05, 0.1) is 16.3 Å². The first-order valence-corrected chi connectivity index (χ1v) is 8.00. The highest BCUT2D eigenvalue weighted by molar-refractivity contribution is 9.10. The molecule has 0 saturated carbocycles. The van der Waals surface area contributed by atoms with E-state index in [1.807, 2.05) is 6.07 Å². The Bertz CT molecular complexity index is 783. The van der Waals surface area contributed by atoms with Gasteiger partial charge in [0.1, 0.15) is 5.75 Å². The Labute approximate surface area is 151 Å². The predicted molar refractivity (Wildman–Crippen MR) is 94.6 cm³/mol. The zero-order valence-corrected chi connectivity index (χ0v) is 14.7. The molecule has 4 N–H and O–H groups in total. The van der Waals surface area contributed by atoms with Crippen LogP contribution in [0, 0.1) is 0 Å². The Balaban J connectivity index is 2.19. The van der Waals surface area contributed by atoms with Crippen LogP contribution in [0.1, 0.15) is 15.9 Å². The minimum absolute atomic E-state index is 0.126.